The summed E-state index contributed by atoms with van der Waals surface area (Å²) >= 11 is 0. The fourth-order valence-electron chi connectivity index (χ4n) is 3.07. The first-order valence-corrected chi connectivity index (χ1v) is 8.04. The fourth-order valence-corrected chi connectivity index (χ4v) is 3.07. The quantitative estimate of drug-likeness (QED) is 0.829. The maximum absolute atomic E-state index is 4.39. The molecule has 1 aliphatic carbocycles. The van der Waals surface area contributed by atoms with Crippen molar-refractivity contribution in [3.8, 4) is 11.4 Å². The van der Waals surface area contributed by atoms with Crippen molar-refractivity contribution in [1.29, 1.82) is 0 Å². The zero-order valence-electron chi connectivity index (χ0n) is 12.7. The van der Waals surface area contributed by atoms with Crippen molar-refractivity contribution in [3.05, 3.63) is 30.1 Å². The molecule has 112 valence electrons. The maximum Gasteiger partial charge on any atom is 0.181 e. The van der Waals surface area contributed by atoms with E-state index < -0.39 is 0 Å². The van der Waals surface area contributed by atoms with Crippen LogP contribution in [-0.4, -0.2) is 21.7 Å². The number of hydrogen-bond acceptors (Lipinski definition) is 3. The zero-order chi connectivity index (χ0) is 14.5. The number of H-pyrrole nitrogens is 1. The topological polar surface area (TPSA) is 53.6 Å². The van der Waals surface area contributed by atoms with Gasteiger partial charge < -0.3 is 5.32 Å². The van der Waals surface area contributed by atoms with Gasteiger partial charge in [-0.1, -0.05) is 37.8 Å². The van der Waals surface area contributed by atoms with Crippen LogP contribution in [-0.2, 0) is 0 Å². The summed E-state index contributed by atoms with van der Waals surface area (Å²) in [7, 11) is 0. The van der Waals surface area contributed by atoms with Gasteiger partial charge in [-0.15, -0.1) is 0 Å². The first kappa shape index (κ1) is 14.1. The second kappa shape index (κ2) is 6.74. The molecule has 0 bridgehead atoms. The summed E-state index contributed by atoms with van der Waals surface area (Å²) in [6.45, 7) is 3.00. The molecule has 0 radical (unpaired) electrons. The highest BCUT2D eigenvalue weighted by atomic mass is 15.2. The summed E-state index contributed by atoms with van der Waals surface area (Å²) in [5.74, 6) is 2.44. The molecule has 1 heterocycles. The fraction of sp³-hybridized carbons (Fsp3) is 0.529. The summed E-state index contributed by atoms with van der Waals surface area (Å²) in [5, 5.41) is 10.7. The van der Waals surface area contributed by atoms with E-state index in [9.17, 15) is 0 Å². The Bertz CT molecular complexity index is 568. The maximum atomic E-state index is 4.39. The van der Waals surface area contributed by atoms with Crippen LogP contribution in [0, 0.1) is 12.8 Å². The number of aromatic amines is 1. The van der Waals surface area contributed by atoms with Gasteiger partial charge in [0.15, 0.2) is 5.82 Å². The van der Waals surface area contributed by atoms with Crippen LogP contribution < -0.4 is 5.32 Å². The monoisotopic (exact) mass is 284 g/mol. The van der Waals surface area contributed by atoms with E-state index in [4.69, 9.17) is 0 Å². The van der Waals surface area contributed by atoms with E-state index in [-0.39, 0.29) is 0 Å². The third kappa shape index (κ3) is 3.84. The van der Waals surface area contributed by atoms with Crippen molar-refractivity contribution < 1.29 is 0 Å². The van der Waals surface area contributed by atoms with Crippen LogP contribution in [0.25, 0.3) is 11.4 Å². The molecule has 0 aliphatic heterocycles. The third-order valence-electron chi connectivity index (χ3n) is 4.29. The Morgan fingerprint density at radius 1 is 1.19 bits per heavy atom. The standard InChI is InChI=1S/C17H24N4/c1-13-19-17(21-20-13)15-9-6-10-16(11-15)18-12-14-7-4-2-3-5-8-14/h6,9-11,14,18H,2-5,7-8,12H2,1H3,(H,19,20,21). The molecule has 0 saturated heterocycles. The molecule has 0 atom stereocenters. The third-order valence-corrected chi connectivity index (χ3v) is 4.29. The Hall–Kier alpha value is -1.84. The van der Waals surface area contributed by atoms with E-state index in [1.807, 2.05) is 6.92 Å². The number of aryl methyl sites for hydroxylation is 1. The molecule has 0 amide bonds. The van der Waals surface area contributed by atoms with Crippen LogP contribution in [0.1, 0.15) is 44.3 Å². The molecule has 1 saturated carbocycles. The number of nitrogens with one attached hydrogen (secondary N) is 2. The number of nitrogens with zero attached hydrogens (tertiary/aromatic N) is 2. The normalized spacial score (nSPS) is 16.6. The molecule has 2 aromatic rings. The lowest BCUT2D eigenvalue weighted by Gasteiger charge is -2.16. The van der Waals surface area contributed by atoms with E-state index in [0.717, 1.165) is 29.7 Å². The molecule has 3 rings (SSSR count). The molecule has 1 aromatic carbocycles. The highest BCUT2D eigenvalue weighted by Crippen LogP contribution is 2.24. The van der Waals surface area contributed by atoms with E-state index in [1.54, 1.807) is 0 Å². The van der Waals surface area contributed by atoms with Crippen LogP contribution in [0.5, 0.6) is 0 Å². The second-order valence-electron chi connectivity index (χ2n) is 6.06. The molecule has 0 spiro atoms. The van der Waals surface area contributed by atoms with Gasteiger partial charge in [-0.3, -0.25) is 5.10 Å². The van der Waals surface area contributed by atoms with Gasteiger partial charge in [-0.25, -0.2) is 4.98 Å². The lowest BCUT2D eigenvalue weighted by molar-refractivity contribution is 0.483. The Labute approximate surface area is 126 Å². The summed E-state index contributed by atoms with van der Waals surface area (Å²) < 4.78 is 0. The molecule has 2 N–H and O–H groups in total. The molecule has 21 heavy (non-hydrogen) atoms. The van der Waals surface area contributed by atoms with Crippen LogP contribution in [0.2, 0.25) is 0 Å². The molecule has 1 aliphatic rings. The highest BCUT2D eigenvalue weighted by Gasteiger charge is 2.12. The van der Waals surface area contributed by atoms with E-state index >= 15 is 0 Å². The molecular formula is C17H24N4. The minimum atomic E-state index is 0.769. The van der Waals surface area contributed by atoms with Crippen molar-refractivity contribution in [2.75, 3.05) is 11.9 Å². The SMILES string of the molecule is Cc1nc(-c2cccc(NCC3CCCCCC3)c2)n[nH]1. The zero-order valence-corrected chi connectivity index (χ0v) is 12.7. The van der Waals surface area contributed by atoms with Gasteiger partial charge in [-0.2, -0.15) is 5.10 Å². The minimum absolute atomic E-state index is 0.769. The molecule has 1 aromatic heterocycles. The Kier molecular flexibility index (Phi) is 4.53. The molecule has 1 fully saturated rings. The van der Waals surface area contributed by atoms with E-state index in [2.05, 4.69) is 44.8 Å². The molecule has 0 unspecified atom stereocenters. The highest BCUT2D eigenvalue weighted by molar-refractivity contribution is 5.62. The largest absolute Gasteiger partial charge is 0.385 e. The van der Waals surface area contributed by atoms with Crippen LogP contribution in [0.4, 0.5) is 5.69 Å². The van der Waals surface area contributed by atoms with Gasteiger partial charge in [0, 0.05) is 17.8 Å². The smallest absolute Gasteiger partial charge is 0.181 e. The van der Waals surface area contributed by atoms with Crippen LogP contribution >= 0.6 is 0 Å². The Balaban J connectivity index is 1.63. The second-order valence-corrected chi connectivity index (χ2v) is 6.06. The lowest BCUT2D eigenvalue weighted by Crippen LogP contribution is -2.13. The average Bonchev–Trinajstić information content (AvgIpc) is 2.78. The van der Waals surface area contributed by atoms with Crippen molar-refractivity contribution >= 4 is 5.69 Å². The van der Waals surface area contributed by atoms with Crippen LogP contribution in [0.3, 0.4) is 0 Å². The summed E-state index contributed by atoms with van der Waals surface area (Å²) in [4.78, 5) is 4.39. The summed E-state index contributed by atoms with van der Waals surface area (Å²) in [6.07, 6.45) is 8.34. The summed E-state index contributed by atoms with van der Waals surface area (Å²) in [5.41, 5.74) is 2.23. The first-order chi connectivity index (χ1) is 10.3. The number of hydrogen-bond donors (Lipinski definition) is 2. The summed E-state index contributed by atoms with van der Waals surface area (Å²) in [6, 6.07) is 8.38. The molecule has 4 heteroatoms. The van der Waals surface area contributed by atoms with E-state index in [1.165, 1.54) is 44.2 Å². The van der Waals surface area contributed by atoms with Crippen LogP contribution in [0.15, 0.2) is 24.3 Å². The number of anilines is 1. The van der Waals surface area contributed by atoms with Gasteiger partial charge in [0.2, 0.25) is 0 Å². The first-order valence-electron chi connectivity index (χ1n) is 8.04. The minimum Gasteiger partial charge on any atom is -0.385 e. The Morgan fingerprint density at radius 2 is 2.00 bits per heavy atom. The number of rotatable bonds is 4. The predicted octanol–water partition coefficient (Wildman–Crippen LogP) is 4.16. The van der Waals surface area contributed by atoms with Gasteiger partial charge in [0.25, 0.3) is 0 Å². The lowest BCUT2D eigenvalue weighted by atomic mass is 10.0. The molecular weight excluding hydrogens is 260 g/mol. The van der Waals surface area contributed by atoms with Gasteiger partial charge in [0.1, 0.15) is 5.82 Å². The number of aromatic nitrogens is 3. The van der Waals surface area contributed by atoms with Crippen molar-refractivity contribution in [2.24, 2.45) is 5.92 Å². The van der Waals surface area contributed by atoms with Gasteiger partial charge in [0.05, 0.1) is 0 Å². The molecule has 4 nitrogen and oxygen atoms in total. The number of benzene rings is 1. The van der Waals surface area contributed by atoms with Gasteiger partial charge >= 0.3 is 0 Å². The average molecular weight is 284 g/mol. The Morgan fingerprint density at radius 3 is 2.71 bits per heavy atom. The van der Waals surface area contributed by atoms with E-state index in [0.29, 0.717) is 0 Å². The van der Waals surface area contributed by atoms with Crippen molar-refractivity contribution in [3.63, 3.8) is 0 Å². The predicted molar refractivity (Wildman–Crippen MR) is 86.2 cm³/mol. The van der Waals surface area contributed by atoms with Crippen molar-refractivity contribution in [1.82, 2.24) is 15.2 Å². The van der Waals surface area contributed by atoms with Crippen molar-refractivity contribution in [2.45, 2.75) is 45.4 Å². The van der Waals surface area contributed by atoms with Gasteiger partial charge in [-0.05, 0) is 37.8 Å².